The molecule has 2 saturated heterocycles. The normalized spacial score (nSPS) is 20.3. The highest BCUT2D eigenvalue weighted by Crippen LogP contribution is 2.33. The lowest BCUT2D eigenvalue weighted by Crippen LogP contribution is -2.51. The molecular formula is C24H33N5O3S. The highest BCUT2D eigenvalue weighted by Gasteiger charge is 2.31. The summed E-state index contributed by atoms with van der Waals surface area (Å²) in [6, 6.07) is 0. The molecule has 2 aromatic rings. The average Bonchev–Trinajstić information content (AvgIpc) is 3.23. The van der Waals surface area contributed by atoms with Gasteiger partial charge in [-0.05, 0) is 51.1 Å². The predicted octanol–water partition coefficient (Wildman–Crippen LogP) is 1.74. The molecule has 2 amide bonds. The number of carbonyl (C=O) groups is 2. The average molecular weight is 472 g/mol. The summed E-state index contributed by atoms with van der Waals surface area (Å²) in [7, 11) is 2.09. The maximum absolute atomic E-state index is 13.1. The van der Waals surface area contributed by atoms with E-state index in [4.69, 9.17) is 0 Å². The van der Waals surface area contributed by atoms with Gasteiger partial charge in [0, 0.05) is 63.0 Å². The second-order valence-electron chi connectivity index (χ2n) is 9.67. The van der Waals surface area contributed by atoms with Gasteiger partial charge in [-0.1, -0.05) is 0 Å². The number of rotatable bonds is 4. The first-order chi connectivity index (χ1) is 16.0. The Balaban J connectivity index is 1.16. The molecule has 2 fully saturated rings. The zero-order valence-electron chi connectivity index (χ0n) is 19.4. The smallest absolute Gasteiger partial charge is 0.262 e. The third-order valence-electron chi connectivity index (χ3n) is 7.52. The Morgan fingerprint density at radius 1 is 1.03 bits per heavy atom. The van der Waals surface area contributed by atoms with Gasteiger partial charge >= 0.3 is 0 Å². The van der Waals surface area contributed by atoms with Gasteiger partial charge in [-0.2, -0.15) is 0 Å². The van der Waals surface area contributed by atoms with Crippen LogP contribution in [-0.2, 0) is 29.0 Å². The topological polar surface area (TPSA) is 78.8 Å². The quantitative estimate of drug-likeness (QED) is 0.679. The SMILES string of the molecule is CN1CCN(C(=O)C2CCN(C(=O)CCn3cnc4sc5c(c4c3=O)CCCC5)CC2)CC1. The third kappa shape index (κ3) is 4.57. The first kappa shape index (κ1) is 22.5. The molecule has 0 aromatic carbocycles. The highest BCUT2D eigenvalue weighted by atomic mass is 32.1. The molecule has 33 heavy (non-hydrogen) atoms. The monoisotopic (exact) mass is 471 g/mol. The minimum Gasteiger partial charge on any atom is -0.343 e. The van der Waals surface area contributed by atoms with Crippen LogP contribution >= 0.6 is 11.3 Å². The van der Waals surface area contributed by atoms with Gasteiger partial charge in [0.05, 0.1) is 11.7 Å². The van der Waals surface area contributed by atoms with Crippen LogP contribution in [0.4, 0.5) is 0 Å². The molecule has 0 radical (unpaired) electrons. The number of hydrogen-bond donors (Lipinski definition) is 0. The van der Waals surface area contributed by atoms with Crippen molar-refractivity contribution in [3.8, 4) is 0 Å². The lowest BCUT2D eigenvalue weighted by atomic mass is 9.94. The summed E-state index contributed by atoms with van der Waals surface area (Å²) in [5, 5.41) is 0.771. The Bertz CT molecular complexity index is 1090. The highest BCUT2D eigenvalue weighted by molar-refractivity contribution is 7.18. The number of nitrogens with zero attached hydrogens (tertiary/aromatic N) is 5. The number of piperidine rings is 1. The van der Waals surface area contributed by atoms with Crippen molar-refractivity contribution < 1.29 is 9.59 Å². The summed E-state index contributed by atoms with van der Waals surface area (Å²) in [4.78, 5) is 51.5. The molecule has 4 heterocycles. The number of fused-ring (bicyclic) bond motifs is 3. The van der Waals surface area contributed by atoms with E-state index in [0.717, 1.165) is 68.5 Å². The van der Waals surface area contributed by atoms with E-state index in [-0.39, 0.29) is 29.7 Å². The van der Waals surface area contributed by atoms with Crippen molar-refractivity contribution in [2.75, 3.05) is 46.3 Å². The molecule has 2 aromatic heterocycles. The van der Waals surface area contributed by atoms with Crippen molar-refractivity contribution in [2.45, 2.75) is 51.5 Å². The number of likely N-dealkylation sites (tertiary alicyclic amines) is 1. The zero-order chi connectivity index (χ0) is 22.9. The molecule has 0 atom stereocenters. The van der Waals surface area contributed by atoms with E-state index >= 15 is 0 Å². The number of aromatic nitrogens is 2. The van der Waals surface area contributed by atoms with Crippen LogP contribution in [-0.4, -0.2) is 82.4 Å². The van der Waals surface area contributed by atoms with E-state index in [2.05, 4.69) is 16.9 Å². The van der Waals surface area contributed by atoms with Crippen molar-refractivity contribution in [1.29, 1.82) is 0 Å². The van der Waals surface area contributed by atoms with Gasteiger partial charge in [0.2, 0.25) is 11.8 Å². The van der Waals surface area contributed by atoms with Gasteiger partial charge < -0.3 is 14.7 Å². The zero-order valence-corrected chi connectivity index (χ0v) is 20.2. The molecule has 8 nitrogen and oxygen atoms in total. The molecular weight excluding hydrogens is 438 g/mol. The van der Waals surface area contributed by atoms with Crippen LogP contribution < -0.4 is 5.56 Å². The van der Waals surface area contributed by atoms with Crippen molar-refractivity contribution in [3.63, 3.8) is 0 Å². The Kier molecular flexibility index (Phi) is 6.51. The fourth-order valence-electron chi connectivity index (χ4n) is 5.38. The first-order valence-electron chi connectivity index (χ1n) is 12.3. The Hall–Kier alpha value is -2.26. The second-order valence-corrected chi connectivity index (χ2v) is 10.8. The van der Waals surface area contributed by atoms with Gasteiger partial charge in [-0.25, -0.2) is 4.98 Å². The van der Waals surface area contributed by atoms with Crippen LogP contribution in [0.5, 0.6) is 0 Å². The summed E-state index contributed by atoms with van der Waals surface area (Å²) in [5.41, 5.74) is 1.18. The van der Waals surface area contributed by atoms with E-state index in [1.54, 1.807) is 22.2 Å². The van der Waals surface area contributed by atoms with Crippen LogP contribution in [0.3, 0.4) is 0 Å². The molecule has 178 valence electrons. The van der Waals surface area contributed by atoms with Crippen molar-refractivity contribution in [3.05, 3.63) is 27.1 Å². The number of thiophene rings is 1. The summed E-state index contributed by atoms with van der Waals surface area (Å²) in [6.45, 7) is 5.05. The summed E-state index contributed by atoms with van der Waals surface area (Å²) in [6.07, 6.45) is 7.64. The van der Waals surface area contributed by atoms with E-state index in [1.807, 2.05) is 9.80 Å². The van der Waals surface area contributed by atoms with Crippen LogP contribution in [0.15, 0.2) is 11.1 Å². The van der Waals surface area contributed by atoms with Gasteiger partial charge in [0.25, 0.3) is 5.56 Å². The number of aryl methyl sites for hydroxylation is 3. The van der Waals surface area contributed by atoms with Gasteiger partial charge in [0.15, 0.2) is 0 Å². The number of piperazine rings is 1. The van der Waals surface area contributed by atoms with Crippen LogP contribution in [0.2, 0.25) is 0 Å². The van der Waals surface area contributed by atoms with E-state index < -0.39 is 0 Å². The first-order valence-corrected chi connectivity index (χ1v) is 13.1. The molecule has 0 spiro atoms. The molecule has 9 heteroatoms. The summed E-state index contributed by atoms with van der Waals surface area (Å²) < 4.78 is 1.60. The molecule has 5 rings (SSSR count). The van der Waals surface area contributed by atoms with Gasteiger partial charge in [-0.3, -0.25) is 19.0 Å². The molecule has 1 aliphatic carbocycles. The van der Waals surface area contributed by atoms with Crippen LogP contribution in [0, 0.1) is 5.92 Å². The standard InChI is InChI=1S/C24H33N5O3S/c1-26-12-14-28(15-13-26)23(31)17-6-9-27(10-7-17)20(30)8-11-29-16-25-22-21(24(29)32)18-4-2-3-5-19(18)33-22/h16-17H,2-15H2,1H3. The van der Waals surface area contributed by atoms with E-state index in [0.29, 0.717) is 19.6 Å². The van der Waals surface area contributed by atoms with Crippen molar-refractivity contribution in [1.82, 2.24) is 24.3 Å². The minimum atomic E-state index is -0.0105. The number of amides is 2. The van der Waals surface area contributed by atoms with Crippen LogP contribution in [0.25, 0.3) is 10.2 Å². The Labute approximate surface area is 198 Å². The largest absolute Gasteiger partial charge is 0.343 e. The minimum absolute atomic E-state index is 0.0105. The van der Waals surface area contributed by atoms with Crippen LogP contribution in [0.1, 0.15) is 42.5 Å². The van der Waals surface area contributed by atoms with Gasteiger partial charge in [0.1, 0.15) is 4.83 Å². The summed E-state index contributed by atoms with van der Waals surface area (Å²) >= 11 is 1.65. The van der Waals surface area contributed by atoms with Crippen molar-refractivity contribution >= 4 is 33.4 Å². The molecule has 2 aliphatic heterocycles. The predicted molar refractivity (Wildman–Crippen MR) is 129 cm³/mol. The van der Waals surface area contributed by atoms with Crippen molar-refractivity contribution in [2.24, 2.45) is 5.92 Å². The maximum Gasteiger partial charge on any atom is 0.262 e. The molecule has 3 aliphatic rings. The van der Waals surface area contributed by atoms with E-state index in [9.17, 15) is 14.4 Å². The Morgan fingerprint density at radius 2 is 1.76 bits per heavy atom. The number of carbonyl (C=O) groups excluding carboxylic acids is 2. The number of hydrogen-bond acceptors (Lipinski definition) is 6. The fourth-order valence-corrected chi connectivity index (χ4v) is 6.60. The van der Waals surface area contributed by atoms with Gasteiger partial charge in [-0.15, -0.1) is 11.3 Å². The van der Waals surface area contributed by atoms with E-state index in [1.165, 1.54) is 16.9 Å². The maximum atomic E-state index is 13.1. The molecule has 0 unspecified atom stereocenters. The lowest BCUT2D eigenvalue weighted by molar-refractivity contribution is -0.142. The molecule has 0 bridgehead atoms. The fraction of sp³-hybridized carbons (Fsp3) is 0.667. The lowest BCUT2D eigenvalue weighted by Gasteiger charge is -2.37. The molecule has 0 saturated carbocycles. The number of likely N-dealkylation sites (N-methyl/N-ethyl adjacent to an activating group) is 1. The third-order valence-corrected chi connectivity index (χ3v) is 8.72. The molecule has 0 N–H and O–H groups in total. The second kappa shape index (κ2) is 9.54. The Morgan fingerprint density at radius 3 is 2.52 bits per heavy atom. The summed E-state index contributed by atoms with van der Waals surface area (Å²) in [5.74, 6) is 0.330.